The zero-order valence-corrected chi connectivity index (χ0v) is 15.8. The standard InChI is InChI=1S/C21H26N2O3/c1-15-8-9-20(16(2)12-15)22-21(25)14-23(17(3)24)11-10-18-6-5-7-19(13-18)26-4/h5-9,12-13H,10-11,14H2,1-4H3,(H,22,25). The second-order valence-electron chi connectivity index (χ2n) is 6.41. The van der Waals surface area contributed by atoms with Crippen molar-refractivity contribution in [3.05, 3.63) is 59.2 Å². The van der Waals surface area contributed by atoms with E-state index < -0.39 is 0 Å². The molecule has 0 unspecified atom stereocenters. The normalized spacial score (nSPS) is 10.3. The molecule has 0 fully saturated rings. The van der Waals surface area contributed by atoms with E-state index >= 15 is 0 Å². The number of methoxy groups -OCH3 is 1. The lowest BCUT2D eigenvalue weighted by atomic mass is 10.1. The van der Waals surface area contributed by atoms with Gasteiger partial charge in [0.25, 0.3) is 0 Å². The third-order valence-corrected chi connectivity index (χ3v) is 4.24. The van der Waals surface area contributed by atoms with Crippen LogP contribution in [0.15, 0.2) is 42.5 Å². The van der Waals surface area contributed by atoms with Gasteiger partial charge in [-0.3, -0.25) is 9.59 Å². The van der Waals surface area contributed by atoms with Crippen molar-refractivity contribution in [3.8, 4) is 5.75 Å². The van der Waals surface area contributed by atoms with E-state index in [2.05, 4.69) is 5.32 Å². The zero-order chi connectivity index (χ0) is 19.1. The van der Waals surface area contributed by atoms with E-state index in [9.17, 15) is 9.59 Å². The zero-order valence-electron chi connectivity index (χ0n) is 15.8. The van der Waals surface area contributed by atoms with Crippen LogP contribution in [0.5, 0.6) is 5.75 Å². The Morgan fingerprint density at radius 3 is 2.54 bits per heavy atom. The van der Waals surface area contributed by atoms with Crippen molar-refractivity contribution in [2.24, 2.45) is 0 Å². The molecule has 0 saturated carbocycles. The van der Waals surface area contributed by atoms with Gasteiger partial charge in [0.05, 0.1) is 13.7 Å². The second-order valence-corrected chi connectivity index (χ2v) is 6.41. The van der Waals surface area contributed by atoms with Gasteiger partial charge in [-0.25, -0.2) is 0 Å². The molecule has 0 heterocycles. The Balaban J connectivity index is 1.96. The highest BCUT2D eigenvalue weighted by Gasteiger charge is 2.14. The number of benzene rings is 2. The minimum atomic E-state index is -0.196. The average molecular weight is 354 g/mol. The summed E-state index contributed by atoms with van der Waals surface area (Å²) in [6.07, 6.45) is 0.660. The summed E-state index contributed by atoms with van der Waals surface area (Å²) in [5.41, 5.74) is 3.98. The molecular formula is C21H26N2O3. The number of aryl methyl sites for hydroxylation is 2. The lowest BCUT2D eigenvalue weighted by Crippen LogP contribution is -2.38. The fourth-order valence-corrected chi connectivity index (χ4v) is 2.76. The molecule has 0 spiro atoms. The van der Waals surface area contributed by atoms with Crippen LogP contribution in [-0.4, -0.2) is 36.9 Å². The van der Waals surface area contributed by atoms with Crippen molar-refractivity contribution in [1.82, 2.24) is 4.90 Å². The van der Waals surface area contributed by atoms with Crippen molar-refractivity contribution in [1.29, 1.82) is 0 Å². The number of carbonyl (C=O) groups is 2. The van der Waals surface area contributed by atoms with Gasteiger partial charge < -0.3 is 15.0 Å². The van der Waals surface area contributed by atoms with Crippen LogP contribution in [-0.2, 0) is 16.0 Å². The van der Waals surface area contributed by atoms with Crippen LogP contribution in [0.1, 0.15) is 23.6 Å². The van der Waals surface area contributed by atoms with E-state index in [4.69, 9.17) is 4.74 Å². The predicted molar refractivity (Wildman–Crippen MR) is 103 cm³/mol. The number of hydrogen-bond acceptors (Lipinski definition) is 3. The Bertz CT molecular complexity index is 787. The summed E-state index contributed by atoms with van der Waals surface area (Å²) < 4.78 is 5.21. The molecule has 2 aromatic carbocycles. The summed E-state index contributed by atoms with van der Waals surface area (Å²) in [6.45, 7) is 5.95. The third kappa shape index (κ3) is 5.62. The SMILES string of the molecule is COc1cccc(CCN(CC(=O)Nc2ccc(C)cc2C)C(C)=O)c1. The van der Waals surface area contributed by atoms with Gasteiger partial charge in [0.15, 0.2) is 0 Å². The van der Waals surface area contributed by atoms with E-state index in [-0.39, 0.29) is 18.4 Å². The molecule has 2 aromatic rings. The van der Waals surface area contributed by atoms with Crippen molar-refractivity contribution in [3.63, 3.8) is 0 Å². The summed E-state index contributed by atoms with van der Waals surface area (Å²) in [4.78, 5) is 25.8. The highest BCUT2D eigenvalue weighted by molar-refractivity contribution is 5.94. The number of ether oxygens (including phenoxy) is 1. The number of amides is 2. The van der Waals surface area contributed by atoms with E-state index in [0.29, 0.717) is 13.0 Å². The van der Waals surface area contributed by atoms with E-state index in [1.165, 1.54) is 6.92 Å². The fourth-order valence-electron chi connectivity index (χ4n) is 2.76. The van der Waals surface area contributed by atoms with Crippen molar-refractivity contribution in [2.45, 2.75) is 27.2 Å². The summed E-state index contributed by atoms with van der Waals surface area (Å²) in [5, 5.41) is 2.89. The van der Waals surface area contributed by atoms with Crippen LogP contribution in [0.4, 0.5) is 5.69 Å². The highest BCUT2D eigenvalue weighted by Crippen LogP contribution is 2.16. The van der Waals surface area contributed by atoms with Gasteiger partial charge >= 0.3 is 0 Å². The van der Waals surface area contributed by atoms with Gasteiger partial charge in [0.1, 0.15) is 5.75 Å². The Kier molecular flexibility index (Phi) is 6.78. The third-order valence-electron chi connectivity index (χ3n) is 4.24. The summed E-state index contributed by atoms with van der Waals surface area (Å²) in [5.74, 6) is 0.464. The van der Waals surface area contributed by atoms with Gasteiger partial charge in [-0.1, -0.05) is 29.8 Å². The molecule has 0 aliphatic heterocycles. The maximum absolute atomic E-state index is 12.4. The van der Waals surface area contributed by atoms with E-state index in [1.807, 2.05) is 56.3 Å². The molecule has 5 nitrogen and oxygen atoms in total. The van der Waals surface area contributed by atoms with Crippen LogP contribution in [0.2, 0.25) is 0 Å². The molecule has 2 rings (SSSR count). The van der Waals surface area contributed by atoms with Crippen molar-refractivity contribution >= 4 is 17.5 Å². The smallest absolute Gasteiger partial charge is 0.244 e. The number of nitrogens with one attached hydrogen (secondary N) is 1. The lowest BCUT2D eigenvalue weighted by Gasteiger charge is -2.21. The first kappa shape index (κ1) is 19.5. The quantitative estimate of drug-likeness (QED) is 0.830. The molecule has 0 radical (unpaired) electrons. The molecule has 0 bridgehead atoms. The van der Waals surface area contributed by atoms with Crippen LogP contribution < -0.4 is 10.1 Å². The number of rotatable bonds is 7. The minimum Gasteiger partial charge on any atom is -0.497 e. The van der Waals surface area contributed by atoms with E-state index in [0.717, 1.165) is 28.1 Å². The molecular weight excluding hydrogens is 328 g/mol. The topological polar surface area (TPSA) is 58.6 Å². The molecule has 0 aliphatic rings. The second kappa shape index (κ2) is 9.04. The molecule has 0 saturated heterocycles. The van der Waals surface area contributed by atoms with Gasteiger partial charge in [-0.05, 0) is 49.6 Å². The molecule has 0 atom stereocenters. The average Bonchev–Trinajstić information content (AvgIpc) is 2.61. The van der Waals surface area contributed by atoms with Crippen LogP contribution in [0.3, 0.4) is 0 Å². The van der Waals surface area contributed by atoms with Crippen molar-refractivity contribution in [2.75, 3.05) is 25.5 Å². The molecule has 0 aliphatic carbocycles. The van der Waals surface area contributed by atoms with Gasteiger partial charge in [-0.2, -0.15) is 0 Å². The summed E-state index contributed by atoms with van der Waals surface area (Å²) in [6, 6.07) is 13.6. The Morgan fingerprint density at radius 2 is 1.88 bits per heavy atom. The number of anilines is 1. The monoisotopic (exact) mass is 354 g/mol. The molecule has 138 valence electrons. The van der Waals surface area contributed by atoms with E-state index in [1.54, 1.807) is 12.0 Å². The highest BCUT2D eigenvalue weighted by atomic mass is 16.5. The van der Waals surface area contributed by atoms with Crippen LogP contribution >= 0.6 is 0 Å². The Morgan fingerprint density at radius 1 is 1.12 bits per heavy atom. The fraction of sp³-hybridized carbons (Fsp3) is 0.333. The first-order chi connectivity index (χ1) is 12.4. The van der Waals surface area contributed by atoms with Gasteiger partial charge in [0.2, 0.25) is 11.8 Å². The van der Waals surface area contributed by atoms with Gasteiger partial charge in [0, 0.05) is 19.2 Å². The first-order valence-corrected chi connectivity index (χ1v) is 8.64. The minimum absolute atomic E-state index is 0.0343. The molecule has 0 aromatic heterocycles. The number of hydrogen-bond donors (Lipinski definition) is 1. The molecule has 2 amide bonds. The van der Waals surface area contributed by atoms with Crippen molar-refractivity contribution < 1.29 is 14.3 Å². The lowest BCUT2D eigenvalue weighted by molar-refractivity contribution is -0.132. The summed E-state index contributed by atoms with van der Waals surface area (Å²) in [7, 11) is 1.62. The summed E-state index contributed by atoms with van der Waals surface area (Å²) >= 11 is 0. The molecule has 26 heavy (non-hydrogen) atoms. The first-order valence-electron chi connectivity index (χ1n) is 8.64. The van der Waals surface area contributed by atoms with Crippen LogP contribution in [0, 0.1) is 13.8 Å². The number of carbonyl (C=O) groups excluding carboxylic acids is 2. The maximum Gasteiger partial charge on any atom is 0.244 e. The van der Waals surface area contributed by atoms with Gasteiger partial charge in [-0.15, -0.1) is 0 Å². The molecule has 5 heteroatoms. The van der Waals surface area contributed by atoms with Crippen LogP contribution in [0.25, 0.3) is 0 Å². The largest absolute Gasteiger partial charge is 0.497 e. The number of nitrogens with zero attached hydrogens (tertiary/aromatic N) is 1. The maximum atomic E-state index is 12.4. The predicted octanol–water partition coefficient (Wildman–Crippen LogP) is 3.34. The Hall–Kier alpha value is -2.82. The Labute approximate surface area is 155 Å². The molecule has 1 N–H and O–H groups in total.